The summed E-state index contributed by atoms with van der Waals surface area (Å²) in [5.74, 6) is -0.374. The second-order valence-corrected chi connectivity index (χ2v) is 6.48. The van der Waals surface area contributed by atoms with Crippen LogP contribution in [0.1, 0.15) is 56.0 Å². The Kier molecular flexibility index (Phi) is 4.40. The molecule has 1 aromatic carbocycles. The fourth-order valence-corrected chi connectivity index (χ4v) is 2.88. The predicted octanol–water partition coefficient (Wildman–Crippen LogP) is 4.13. The Morgan fingerprint density at radius 1 is 1.36 bits per heavy atom. The molecule has 0 spiro atoms. The molecule has 0 saturated carbocycles. The van der Waals surface area contributed by atoms with E-state index in [2.05, 4.69) is 6.58 Å². The number of fused-ring (bicyclic) bond motifs is 1. The minimum absolute atomic E-state index is 0.0774. The molecule has 1 aliphatic heterocycles. The third-order valence-corrected chi connectivity index (χ3v) is 3.78. The average Bonchev–Trinajstić information content (AvgIpc) is 2.45. The fraction of sp³-hybridized carbons (Fsp3) is 0.444. The van der Waals surface area contributed by atoms with Crippen LogP contribution in [-0.2, 0) is 4.74 Å². The molecule has 4 heteroatoms. The Morgan fingerprint density at radius 2 is 2.00 bits per heavy atom. The molecule has 0 aliphatic carbocycles. The molecule has 0 unspecified atom stereocenters. The number of hydrogen-bond acceptors (Lipinski definition) is 3. The second-order valence-electron chi connectivity index (χ2n) is 6.48. The van der Waals surface area contributed by atoms with E-state index in [1.807, 2.05) is 19.1 Å². The number of rotatable bonds is 2. The molecule has 4 nitrogen and oxygen atoms in total. The maximum absolute atomic E-state index is 12.8. The molecule has 0 radical (unpaired) electrons. The first kappa shape index (κ1) is 16.3. The molecule has 0 aromatic heterocycles. The normalized spacial score (nSPS) is 21.3. The summed E-state index contributed by atoms with van der Waals surface area (Å²) in [5, 5.41) is 0. The van der Waals surface area contributed by atoms with E-state index in [-0.39, 0.29) is 17.9 Å². The summed E-state index contributed by atoms with van der Waals surface area (Å²) in [4.78, 5) is 26.5. The largest absolute Gasteiger partial charge is 0.443 e. The Hall–Kier alpha value is -2.10. The number of hydrogen-bond donors (Lipinski definition) is 0. The standard InChI is InChI=1S/C18H23NO3/c1-6-12-13-10-8-9-11-14(13)16(20)19(15(12)7-2)17(21)22-18(3,4)5/h6,8-12,15H,1,7H2,2-5H3/t12-,15-/m1/s1. The highest BCUT2D eigenvalue weighted by Crippen LogP contribution is 2.36. The van der Waals surface area contributed by atoms with Gasteiger partial charge in [-0.25, -0.2) is 9.69 Å². The van der Waals surface area contributed by atoms with Crippen molar-refractivity contribution in [3.05, 3.63) is 48.0 Å². The highest BCUT2D eigenvalue weighted by molar-refractivity contribution is 6.05. The van der Waals surface area contributed by atoms with Crippen LogP contribution in [0.25, 0.3) is 0 Å². The highest BCUT2D eigenvalue weighted by Gasteiger charge is 2.42. The van der Waals surface area contributed by atoms with Gasteiger partial charge in [-0.15, -0.1) is 6.58 Å². The topological polar surface area (TPSA) is 46.6 Å². The monoisotopic (exact) mass is 301 g/mol. The van der Waals surface area contributed by atoms with Gasteiger partial charge in [0.1, 0.15) is 5.60 Å². The van der Waals surface area contributed by atoms with Crippen LogP contribution in [0.2, 0.25) is 0 Å². The maximum Gasteiger partial charge on any atom is 0.417 e. The zero-order valence-electron chi connectivity index (χ0n) is 13.6. The number of nitrogens with zero attached hydrogens (tertiary/aromatic N) is 1. The van der Waals surface area contributed by atoms with Crippen LogP contribution < -0.4 is 0 Å². The van der Waals surface area contributed by atoms with Crippen molar-refractivity contribution in [2.75, 3.05) is 0 Å². The lowest BCUT2D eigenvalue weighted by Crippen LogP contribution is -2.52. The van der Waals surface area contributed by atoms with Crippen LogP contribution in [0.4, 0.5) is 4.79 Å². The zero-order valence-corrected chi connectivity index (χ0v) is 13.6. The van der Waals surface area contributed by atoms with Gasteiger partial charge in [0.25, 0.3) is 5.91 Å². The number of benzene rings is 1. The van der Waals surface area contributed by atoms with E-state index in [1.165, 1.54) is 4.90 Å². The summed E-state index contributed by atoms with van der Waals surface area (Å²) in [5.41, 5.74) is 0.827. The lowest BCUT2D eigenvalue weighted by molar-refractivity contribution is 0.0132. The van der Waals surface area contributed by atoms with Gasteiger partial charge < -0.3 is 4.74 Å². The van der Waals surface area contributed by atoms with Gasteiger partial charge in [-0.05, 0) is 38.8 Å². The van der Waals surface area contributed by atoms with Gasteiger partial charge in [0.2, 0.25) is 0 Å². The molecular formula is C18H23NO3. The molecule has 2 atom stereocenters. The Balaban J connectivity index is 2.48. The summed E-state index contributed by atoms with van der Waals surface area (Å²) < 4.78 is 5.42. The number of carbonyl (C=O) groups excluding carboxylic acids is 2. The summed E-state index contributed by atoms with van der Waals surface area (Å²) >= 11 is 0. The average molecular weight is 301 g/mol. The molecule has 118 valence electrons. The molecule has 1 heterocycles. The van der Waals surface area contributed by atoms with Crippen molar-refractivity contribution in [1.82, 2.24) is 4.90 Å². The number of ether oxygens (including phenoxy) is 1. The van der Waals surface area contributed by atoms with Crippen LogP contribution >= 0.6 is 0 Å². The molecule has 0 fully saturated rings. The third kappa shape index (κ3) is 2.91. The number of carbonyl (C=O) groups is 2. The van der Waals surface area contributed by atoms with E-state index in [0.717, 1.165) is 5.56 Å². The predicted molar refractivity (Wildman–Crippen MR) is 85.9 cm³/mol. The van der Waals surface area contributed by atoms with E-state index < -0.39 is 11.7 Å². The van der Waals surface area contributed by atoms with Crippen molar-refractivity contribution in [1.29, 1.82) is 0 Å². The first-order valence-corrected chi connectivity index (χ1v) is 7.58. The van der Waals surface area contributed by atoms with Gasteiger partial charge in [-0.2, -0.15) is 0 Å². The first-order valence-electron chi connectivity index (χ1n) is 7.58. The van der Waals surface area contributed by atoms with Crippen molar-refractivity contribution in [2.24, 2.45) is 0 Å². The van der Waals surface area contributed by atoms with Crippen molar-refractivity contribution in [2.45, 2.75) is 51.7 Å². The maximum atomic E-state index is 12.8. The molecule has 0 saturated heterocycles. The quantitative estimate of drug-likeness (QED) is 0.772. The Bertz CT molecular complexity index is 601. The van der Waals surface area contributed by atoms with Gasteiger partial charge >= 0.3 is 6.09 Å². The third-order valence-electron chi connectivity index (χ3n) is 3.78. The van der Waals surface area contributed by atoms with Crippen molar-refractivity contribution in [3.63, 3.8) is 0 Å². The van der Waals surface area contributed by atoms with Crippen molar-refractivity contribution >= 4 is 12.0 Å². The van der Waals surface area contributed by atoms with Crippen LogP contribution in [0.15, 0.2) is 36.9 Å². The van der Waals surface area contributed by atoms with Crippen LogP contribution in [0.3, 0.4) is 0 Å². The zero-order chi connectivity index (χ0) is 16.5. The van der Waals surface area contributed by atoms with Gasteiger partial charge in [0, 0.05) is 11.5 Å². The summed E-state index contributed by atoms with van der Waals surface area (Å²) in [6, 6.07) is 7.11. The van der Waals surface area contributed by atoms with Gasteiger partial charge in [0.05, 0.1) is 6.04 Å². The number of amides is 2. The van der Waals surface area contributed by atoms with Crippen molar-refractivity contribution in [3.8, 4) is 0 Å². The summed E-state index contributed by atoms with van der Waals surface area (Å²) in [6.07, 6.45) is 1.86. The smallest absolute Gasteiger partial charge is 0.417 e. The molecule has 2 amide bonds. The van der Waals surface area contributed by atoms with E-state index >= 15 is 0 Å². The SMILES string of the molecule is C=C[C@@H]1c2ccccc2C(=O)N(C(=O)OC(C)(C)C)[C@@H]1CC. The molecule has 1 aliphatic rings. The minimum atomic E-state index is -0.643. The fourth-order valence-electron chi connectivity index (χ4n) is 2.88. The molecule has 22 heavy (non-hydrogen) atoms. The summed E-state index contributed by atoms with van der Waals surface area (Å²) in [6.45, 7) is 11.2. The van der Waals surface area contributed by atoms with Crippen LogP contribution in [0, 0.1) is 0 Å². The Morgan fingerprint density at radius 3 is 2.55 bits per heavy atom. The van der Waals surface area contributed by atoms with E-state index in [4.69, 9.17) is 4.74 Å². The molecule has 2 rings (SSSR count). The van der Waals surface area contributed by atoms with Crippen molar-refractivity contribution < 1.29 is 14.3 Å². The molecule has 0 bridgehead atoms. The van der Waals surface area contributed by atoms with Gasteiger partial charge in [0.15, 0.2) is 0 Å². The summed E-state index contributed by atoms with van der Waals surface area (Å²) in [7, 11) is 0. The molecule has 0 N–H and O–H groups in total. The molecule has 1 aromatic rings. The second kappa shape index (κ2) is 5.95. The van der Waals surface area contributed by atoms with Crippen LogP contribution in [-0.4, -0.2) is 28.5 Å². The van der Waals surface area contributed by atoms with Gasteiger partial charge in [-0.1, -0.05) is 31.2 Å². The molecular weight excluding hydrogens is 278 g/mol. The highest BCUT2D eigenvalue weighted by atomic mass is 16.6. The lowest BCUT2D eigenvalue weighted by Gasteiger charge is -2.39. The van der Waals surface area contributed by atoms with E-state index in [1.54, 1.807) is 39.0 Å². The minimum Gasteiger partial charge on any atom is -0.443 e. The van der Waals surface area contributed by atoms with E-state index in [0.29, 0.717) is 12.0 Å². The lowest BCUT2D eigenvalue weighted by atomic mass is 9.82. The first-order chi connectivity index (χ1) is 10.3. The Labute approximate surface area is 131 Å². The van der Waals surface area contributed by atoms with Crippen LogP contribution in [0.5, 0.6) is 0 Å². The van der Waals surface area contributed by atoms with Gasteiger partial charge in [-0.3, -0.25) is 4.79 Å². The van der Waals surface area contributed by atoms with E-state index in [9.17, 15) is 9.59 Å². The number of imide groups is 1.